The van der Waals surface area contributed by atoms with E-state index in [2.05, 4.69) is 15.3 Å². The van der Waals surface area contributed by atoms with Gasteiger partial charge in [-0.1, -0.05) is 12.1 Å². The zero-order valence-electron chi connectivity index (χ0n) is 24.9. The Morgan fingerprint density at radius 1 is 0.911 bits per heavy atom. The summed E-state index contributed by atoms with van der Waals surface area (Å²) in [6.07, 6.45) is 2.90. The number of benzene rings is 2. The molecule has 1 saturated carbocycles. The van der Waals surface area contributed by atoms with Gasteiger partial charge in [0.15, 0.2) is 28.8 Å². The first-order valence-electron chi connectivity index (χ1n) is 13.4. The molecular formula is C31H32F3N3O8. The van der Waals surface area contributed by atoms with Crippen molar-refractivity contribution in [1.82, 2.24) is 10.3 Å². The Balaban J connectivity index is 0.000000707. The molecule has 0 spiro atoms. The molecule has 45 heavy (non-hydrogen) atoms. The number of Topliss-reactive ketones (excluding diaryl/α,β-unsaturated/α-hetero) is 1. The number of hydrogen-bond acceptors (Lipinski definition) is 8. The first-order valence-corrected chi connectivity index (χ1v) is 13.4. The fourth-order valence-corrected chi connectivity index (χ4v) is 4.51. The standard InChI is InChI=1S/C29H31N3O6.C2HF3O2/c1-35-24-7-5-18(11-26(24)37-3)9-20-13-22(32-28(33)15-23-16-30-17-31-23)14-21(29(20)34)10-19-6-8-25(36-2)27(12-19)38-4;3-2(4,5)1(6)7/h5-12,16-17,22H,13-15H2,1-4H3,(H,30,31)(H,32,33);(H,6,7)/b20-9+,21-10+;. The van der Waals surface area contributed by atoms with E-state index < -0.39 is 12.1 Å². The number of H-pyrrole nitrogens is 2. The van der Waals surface area contributed by atoms with Gasteiger partial charge in [-0.25, -0.2) is 4.98 Å². The van der Waals surface area contributed by atoms with Crippen molar-refractivity contribution >= 4 is 29.8 Å². The summed E-state index contributed by atoms with van der Waals surface area (Å²) in [5, 5.41) is 11.9. The summed E-state index contributed by atoms with van der Waals surface area (Å²) < 4.78 is 53.1. The molecular weight excluding hydrogens is 599 g/mol. The minimum Gasteiger partial charge on any atom is -0.542 e. The lowest BCUT2D eigenvalue weighted by Gasteiger charge is -2.27. The van der Waals surface area contributed by atoms with E-state index in [-0.39, 0.29) is 24.2 Å². The number of carbonyl (C=O) groups is 3. The smallest absolute Gasteiger partial charge is 0.430 e. The molecule has 0 saturated heterocycles. The SMILES string of the molecule is COc1ccc(/C=C2\CC(NC(=O)Cc3c[nH+]c[nH]3)C/C(=C\c3ccc(OC)c(OC)c3)C2=O)cc1OC.O=C([O-])C(F)(F)F. The molecule has 1 aliphatic rings. The average molecular weight is 632 g/mol. The van der Waals surface area contributed by atoms with Crippen LogP contribution in [-0.2, 0) is 20.8 Å². The number of hydrogen-bond donors (Lipinski definition) is 2. The summed E-state index contributed by atoms with van der Waals surface area (Å²) in [4.78, 5) is 41.1. The predicted octanol–water partition coefficient (Wildman–Crippen LogP) is 2.72. The van der Waals surface area contributed by atoms with E-state index in [4.69, 9.17) is 28.8 Å². The minimum atomic E-state index is -5.19. The second-order valence-corrected chi connectivity index (χ2v) is 9.66. The highest BCUT2D eigenvalue weighted by Crippen LogP contribution is 2.33. The number of aliphatic carboxylic acids is 1. The van der Waals surface area contributed by atoms with Crippen LogP contribution in [-0.4, -0.2) is 63.3 Å². The number of nitrogens with one attached hydrogen (secondary N) is 3. The number of carboxylic acid groups (broad SMARTS) is 1. The van der Waals surface area contributed by atoms with E-state index in [1.54, 1.807) is 53.1 Å². The number of aromatic nitrogens is 2. The Kier molecular flexibility index (Phi) is 11.8. The van der Waals surface area contributed by atoms with E-state index in [9.17, 15) is 22.8 Å². The third-order valence-electron chi connectivity index (χ3n) is 6.56. The van der Waals surface area contributed by atoms with Crippen LogP contribution in [0.2, 0.25) is 0 Å². The van der Waals surface area contributed by atoms with Crippen LogP contribution in [0.3, 0.4) is 0 Å². The number of aromatic amines is 2. The average Bonchev–Trinajstić information content (AvgIpc) is 3.51. The Morgan fingerprint density at radius 2 is 1.38 bits per heavy atom. The molecule has 240 valence electrons. The van der Waals surface area contributed by atoms with Crippen LogP contribution < -0.4 is 34.4 Å². The van der Waals surface area contributed by atoms with Crippen molar-refractivity contribution in [3.05, 3.63) is 76.9 Å². The zero-order chi connectivity index (χ0) is 33.1. The maximum atomic E-state index is 13.6. The van der Waals surface area contributed by atoms with Gasteiger partial charge in [0, 0.05) is 17.2 Å². The number of alkyl halides is 3. The molecule has 0 atom stereocenters. The third kappa shape index (κ3) is 9.61. The lowest BCUT2D eigenvalue weighted by Crippen LogP contribution is -2.40. The quantitative estimate of drug-likeness (QED) is 0.342. The van der Waals surface area contributed by atoms with Gasteiger partial charge < -0.3 is 34.2 Å². The molecule has 11 nitrogen and oxygen atoms in total. The highest BCUT2D eigenvalue weighted by atomic mass is 19.4. The lowest BCUT2D eigenvalue weighted by molar-refractivity contribution is -0.376. The van der Waals surface area contributed by atoms with Crippen LogP contribution in [0.1, 0.15) is 29.7 Å². The van der Waals surface area contributed by atoms with Gasteiger partial charge >= 0.3 is 6.18 Å². The van der Waals surface area contributed by atoms with Crippen LogP contribution in [0.25, 0.3) is 12.2 Å². The maximum absolute atomic E-state index is 13.6. The first kappa shape index (κ1) is 34.2. The Hall–Kier alpha value is -5.27. The van der Waals surface area contributed by atoms with E-state index >= 15 is 0 Å². The van der Waals surface area contributed by atoms with Gasteiger partial charge in [0.2, 0.25) is 12.2 Å². The van der Waals surface area contributed by atoms with Gasteiger partial charge in [0.1, 0.15) is 17.9 Å². The summed E-state index contributed by atoms with van der Waals surface area (Å²) in [5.41, 5.74) is 3.55. The Labute approximate surface area is 256 Å². The van der Waals surface area contributed by atoms with Crippen LogP contribution in [0.5, 0.6) is 23.0 Å². The topological polar surface area (TPSA) is 153 Å². The molecule has 1 amide bonds. The molecule has 3 aromatic rings. The molecule has 0 aliphatic heterocycles. The number of halogens is 3. The second-order valence-electron chi connectivity index (χ2n) is 9.66. The number of methoxy groups -OCH3 is 4. The van der Waals surface area contributed by atoms with E-state index in [0.29, 0.717) is 47.0 Å². The summed E-state index contributed by atoms with van der Waals surface area (Å²) in [6, 6.07) is 10.7. The zero-order valence-corrected chi connectivity index (χ0v) is 24.9. The van der Waals surface area contributed by atoms with Crippen LogP contribution >= 0.6 is 0 Å². The molecule has 0 radical (unpaired) electrons. The fraction of sp³-hybridized carbons (Fsp3) is 0.290. The van der Waals surface area contributed by atoms with Crippen molar-refractivity contribution in [2.24, 2.45) is 0 Å². The van der Waals surface area contributed by atoms with Crippen LogP contribution in [0.4, 0.5) is 13.2 Å². The Morgan fingerprint density at radius 3 is 1.76 bits per heavy atom. The van der Waals surface area contributed by atoms with Gasteiger partial charge in [-0.15, -0.1) is 0 Å². The van der Waals surface area contributed by atoms with Crippen LogP contribution in [0.15, 0.2) is 60.1 Å². The number of ether oxygens (including phenoxy) is 4. The van der Waals surface area contributed by atoms with E-state index in [0.717, 1.165) is 16.8 Å². The third-order valence-corrected chi connectivity index (χ3v) is 6.56. The first-order chi connectivity index (χ1) is 21.4. The van der Waals surface area contributed by atoms with Gasteiger partial charge in [-0.2, -0.15) is 13.2 Å². The molecule has 3 N–H and O–H groups in total. The van der Waals surface area contributed by atoms with Crippen molar-refractivity contribution in [3.63, 3.8) is 0 Å². The molecule has 1 heterocycles. The second kappa shape index (κ2) is 15.5. The van der Waals surface area contributed by atoms with E-state index in [1.807, 2.05) is 36.4 Å². The molecule has 1 fully saturated rings. The summed E-state index contributed by atoms with van der Waals surface area (Å²) >= 11 is 0. The van der Waals surface area contributed by atoms with Crippen LogP contribution in [0, 0.1) is 0 Å². The number of amides is 1. The van der Waals surface area contributed by atoms with Crippen molar-refractivity contribution in [1.29, 1.82) is 0 Å². The number of carbonyl (C=O) groups excluding carboxylic acids is 3. The number of carboxylic acids is 1. The number of ketones is 1. The van der Waals surface area contributed by atoms with Gasteiger partial charge in [0.05, 0.1) is 34.9 Å². The summed E-state index contributed by atoms with van der Waals surface area (Å²) in [7, 11) is 6.28. The molecule has 0 bridgehead atoms. The van der Waals surface area contributed by atoms with Crippen molar-refractivity contribution in [2.45, 2.75) is 31.5 Å². The summed E-state index contributed by atoms with van der Waals surface area (Å²) in [6.45, 7) is 0. The van der Waals surface area contributed by atoms with Crippen molar-refractivity contribution in [2.75, 3.05) is 28.4 Å². The van der Waals surface area contributed by atoms with Gasteiger partial charge in [-0.3, -0.25) is 14.6 Å². The lowest BCUT2D eigenvalue weighted by atomic mass is 9.83. The Bertz CT molecular complexity index is 1490. The highest BCUT2D eigenvalue weighted by Gasteiger charge is 2.30. The fourth-order valence-electron chi connectivity index (χ4n) is 4.51. The molecule has 1 aliphatic carbocycles. The summed E-state index contributed by atoms with van der Waals surface area (Å²) in [5.74, 6) is -0.865. The van der Waals surface area contributed by atoms with Gasteiger partial charge in [0.25, 0.3) is 0 Å². The minimum absolute atomic E-state index is 0.0703. The molecule has 0 unspecified atom stereocenters. The monoisotopic (exact) mass is 631 g/mol. The maximum Gasteiger partial charge on any atom is 0.430 e. The van der Waals surface area contributed by atoms with Crippen molar-refractivity contribution in [3.8, 4) is 23.0 Å². The normalized spacial score (nSPS) is 16.4. The molecule has 1 aromatic heterocycles. The molecule has 14 heteroatoms. The van der Waals surface area contributed by atoms with Gasteiger partial charge in [-0.05, 0) is 60.4 Å². The number of rotatable bonds is 9. The van der Waals surface area contributed by atoms with Crippen molar-refractivity contribution < 1.29 is 56.6 Å². The largest absolute Gasteiger partial charge is 0.542 e. The molecule has 4 rings (SSSR count). The highest BCUT2D eigenvalue weighted by molar-refractivity contribution is 6.14. The predicted molar refractivity (Wildman–Crippen MR) is 153 cm³/mol. The number of imidazole rings is 1. The van der Waals surface area contributed by atoms with E-state index in [1.165, 1.54) is 0 Å². The molecule has 2 aromatic carbocycles.